The molecule has 0 spiro atoms. The fraction of sp³-hybridized carbons (Fsp3) is 0.486. The highest BCUT2D eigenvalue weighted by Gasteiger charge is 2.19. The second-order valence-corrected chi connectivity index (χ2v) is 14.0. The van der Waals surface area contributed by atoms with E-state index in [2.05, 4.69) is 69.7 Å². The molecule has 1 N–H and O–H groups in total. The number of hydrogen-bond donors (Lipinski definition) is 1. The molecule has 45 heavy (non-hydrogen) atoms. The van der Waals surface area contributed by atoms with Gasteiger partial charge >= 0.3 is 0 Å². The van der Waals surface area contributed by atoms with Crippen LogP contribution in [0.5, 0.6) is 11.5 Å². The summed E-state index contributed by atoms with van der Waals surface area (Å²) in [6.07, 6.45) is 4.85. The molecular weight excluding hydrogens is 599 g/mol. The number of nitrogens with zero attached hydrogens (tertiary/aromatic N) is 2. The molecule has 6 nitrogen and oxygen atoms in total. The quantitative estimate of drug-likeness (QED) is 0.138. The zero-order valence-electron chi connectivity index (χ0n) is 27.1. The van der Waals surface area contributed by atoms with Crippen molar-refractivity contribution in [2.75, 3.05) is 71.5 Å². The Morgan fingerprint density at radius 3 is 2.00 bits per heavy atom. The molecule has 1 amide bonds. The first kappa shape index (κ1) is 35.2. The minimum Gasteiger partial charge on any atom is -0.497 e. The van der Waals surface area contributed by atoms with Crippen molar-refractivity contribution in [2.45, 2.75) is 37.2 Å². The molecule has 1 aliphatic heterocycles. The first-order valence-electron chi connectivity index (χ1n) is 16.3. The molecular formula is C37H51N3O3S2. The minimum atomic E-state index is 0.127. The van der Waals surface area contributed by atoms with Crippen LogP contribution in [0.15, 0.2) is 78.9 Å². The number of nitrogens with one attached hydrogen (secondary N) is 1. The number of benzene rings is 3. The SMILES string of the molecule is COc1ccc(CSCCNC(=O)CN(CCCN2CCC(Cc3ccccc3)CC2)CCSCc2ccc(OC)cc2)cc1. The van der Waals surface area contributed by atoms with Crippen molar-refractivity contribution in [2.24, 2.45) is 5.92 Å². The van der Waals surface area contributed by atoms with E-state index in [4.69, 9.17) is 9.47 Å². The lowest BCUT2D eigenvalue weighted by atomic mass is 9.90. The fourth-order valence-corrected chi connectivity index (χ4v) is 7.47. The highest BCUT2D eigenvalue weighted by molar-refractivity contribution is 7.98. The van der Waals surface area contributed by atoms with E-state index in [1.54, 1.807) is 14.2 Å². The third-order valence-corrected chi connectivity index (χ3v) is 10.4. The van der Waals surface area contributed by atoms with Crippen LogP contribution in [0.25, 0.3) is 0 Å². The van der Waals surface area contributed by atoms with Crippen molar-refractivity contribution in [3.63, 3.8) is 0 Å². The molecule has 8 heteroatoms. The summed E-state index contributed by atoms with van der Waals surface area (Å²) in [4.78, 5) is 17.9. The third-order valence-electron chi connectivity index (χ3n) is 8.37. The molecule has 3 aromatic carbocycles. The van der Waals surface area contributed by atoms with Gasteiger partial charge in [0.2, 0.25) is 5.91 Å². The summed E-state index contributed by atoms with van der Waals surface area (Å²) in [6.45, 7) is 6.50. The standard InChI is InChI=1S/C37H51N3O3S2/c1-42-35-13-9-33(10-14-35)29-44-25-19-38-37(41)28-40(24-26-45-30-34-11-15-36(43-2)16-12-34)21-6-20-39-22-17-32(18-23-39)27-31-7-4-3-5-8-31/h3-5,7-16,32H,6,17-30H2,1-2H3,(H,38,41). The number of carbonyl (C=O) groups excluding carboxylic acids is 1. The van der Waals surface area contributed by atoms with Crippen LogP contribution in [0.4, 0.5) is 0 Å². The van der Waals surface area contributed by atoms with Gasteiger partial charge in [-0.3, -0.25) is 9.69 Å². The molecule has 0 aliphatic carbocycles. The van der Waals surface area contributed by atoms with Crippen LogP contribution in [0.3, 0.4) is 0 Å². The lowest BCUT2D eigenvalue weighted by molar-refractivity contribution is -0.122. The summed E-state index contributed by atoms with van der Waals surface area (Å²) in [5.74, 6) is 6.48. The van der Waals surface area contributed by atoms with Gasteiger partial charge in [0.05, 0.1) is 20.8 Å². The Labute approximate surface area is 279 Å². The summed E-state index contributed by atoms with van der Waals surface area (Å²) >= 11 is 3.77. The molecule has 0 aromatic heterocycles. The van der Waals surface area contributed by atoms with Crippen LogP contribution in [0, 0.1) is 5.92 Å². The zero-order valence-corrected chi connectivity index (χ0v) is 28.8. The van der Waals surface area contributed by atoms with Gasteiger partial charge in [0.15, 0.2) is 0 Å². The topological polar surface area (TPSA) is 54.0 Å². The maximum Gasteiger partial charge on any atom is 0.234 e. The van der Waals surface area contributed by atoms with Crippen LogP contribution in [0.1, 0.15) is 36.0 Å². The van der Waals surface area contributed by atoms with Gasteiger partial charge in [-0.2, -0.15) is 23.5 Å². The summed E-state index contributed by atoms with van der Waals surface area (Å²) in [5, 5.41) is 3.16. The third kappa shape index (κ3) is 13.7. The van der Waals surface area contributed by atoms with Crippen LogP contribution in [-0.2, 0) is 22.7 Å². The molecule has 1 heterocycles. The monoisotopic (exact) mass is 649 g/mol. The average Bonchev–Trinajstić information content (AvgIpc) is 3.08. The van der Waals surface area contributed by atoms with E-state index in [0.29, 0.717) is 13.1 Å². The second-order valence-electron chi connectivity index (χ2n) is 11.8. The highest BCUT2D eigenvalue weighted by Crippen LogP contribution is 2.22. The van der Waals surface area contributed by atoms with E-state index in [-0.39, 0.29) is 5.91 Å². The Morgan fingerprint density at radius 2 is 1.40 bits per heavy atom. The zero-order chi connectivity index (χ0) is 31.5. The average molecular weight is 650 g/mol. The lowest BCUT2D eigenvalue weighted by Gasteiger charge is -2.32. The highest BCUT2D eigenvalue weighted by atomic mass is 32.2. The minimum absolute atomic E-state index is 0.127. The molecule has 0 bridgehead atoms. The summed E-state index contributed by atoms with van der Waals surface area (Å²) in [5.41, 5.74) is 4.03. The Morgan fingerprint density at radius 1 is 0.800 bits per heavy atom. The van der Waals surface area contributed by atoms with Gasteiger partial charge in [0.25, 0.3) is 0 Å². The van der Waals surface area contributed by atoms with Gasteiger partial charge in [0, 0.05) is 36.1 Å². The first-order valence-corrected chi connectivity index (χ1v) is 18.6. The number of methoxy groups -OCH3 is 2. The van der Waals surface area contributed by atoms with Crippen molar-refractivity contribution in [1.82, 2.24) is 15.1 Å². The Balaban J connectivity index is 1.15. The van der Waals surface area contributed by atoms with E-state index >= 15 is 0 Å². The number of piperidine rings is 1. The van der Waals surface area contributed by atoms with Gasteiger partial charge in [-0.1, -0.05) is 54.6 Å². The van der Waals surface area contributed by atoms with Crippen molar-refractivity contribution in [1.29, 1.82) is 0 Å². The number of carbonyl (C=O) groups is 1. The van der Waals surface area contributed by atoms with Gasteiger partial charge in [-0.05, 0) is 98.7 Å². The first-order chi connectivity index (χ1) is 22.1. The Kier molecular flexibility index (Phi) is 16.0. The molecule has 1 saturated heterocycles. The molecule has 4 rings (SSSR count). The number of thioether (sulfide) groups is 2. The van der Waals surface area contributed by atoms with Gasteiger partial charge in [0.1, 0.15) is 11.5 Å². The molecule has 0 radical (unpaired) electrons. The maximum atomic E-state index is 12.9. The molecule has 3 aromatic rings. The van der Waals surface area contributed by atoms with Crippen molar-refractivity contribution in [3.05, 3.63) is 95.6 Å². The molecule has 0 atom stereocenters. The fourth-order valence-electron chi connectivity index (χ4n) is 5.69. The van der Waals surface area contributed by atoms with Crippen LogP contribution < -0.4 is 14.8 Å². The van der Waals surface area contributed by atoms with Crippen LogP contribution in [-0.4, -0.2) is 87.2 Å². The molecule has 0 saturated carbocycles. The van der Waals surface area contributed by atoms with E-state index in [0.717, 1.165) is 66.5 Å². The second kappa shape index (κ2) is 20.5. The maximum absolute atomic E-state index is 12.9. The largest absolute Gasteiger partial charge is 0.497 e. The molecule has 1 aliphatic rings. The number of ether oxygens (including phenoxy) is 2. The van der Waals surface area contributed by atoms with E-state index in [1.165, 1.54) is 49.0 Å². The van der Waals surface area contributed by atoms with Crippen LogP contribution >= 0.6 is 23.5 Å². The predicted octanol–water partition coefficient (Wildman–Crippen LogP) is 6.63. The Bertz CT molecular complexity index is 1220. The lowest BCUT2D eigenvalue weighted by Crippen LogP contribution is -2.41. The smallest absolute Gasteiger partial charge is 0.234 e. The van der Waals surface area contributed by atoms with E-state index in [1.807, 2.05) is 47.8 Å². The summed E-state index contributed by atoms with van der Waals surface area (Å²) < 4.78 is 10.5. The van der Waals surface area contributed by atoms with E-state index < -0.39 is 0 Å². The van der Waals surface area contributed by atoms with Gasteiger partial charge in [-0.15, -0.1) is 0 Å². The number of amides is 1. The summed E-state index contributed by atoms with van der Waals surface area (Å²) in [6, 6.07) is 27.4. The number of hydrogen-bond acceptors (Lipinski definition) is 7. The Hall–Kier alpha value is -2.65. The van der Waals surface area contributed by atoms with Gasteiger partial charge in [-0.25, -0.2) is 0 Å². The summed E-state index contributed by atoms with van der Waals surface area (Å²) in [7, 11) is 3.38. The number of rotatable bonds is 20. The van der Waals surface area contributed by atoms with Crippen molar-refractivity contribution < 1.29 is 14.3 Å². The predicted molar refractivity (Wildman–Crippen MR) is 192 cm³/mol. The molecule has 0 unspecified atom stereocenters. The van der Waals surface area contributed by atoms with Crippen molar-refractivity contribution in [3.8, 4) is 11.5 Å². The van der Waals surface area contributed by atoms with Crippen LogP contribution in [0.2, 0.25) is 0 Å². The number of likely N-dealkylation sites (tertiary alicyclic amines) is 1. The molecule has 1 fully saturated rings. The molecule has 244 valence electrons. The van der Waals surface area contributed by atoms with Crippen molar-refractivity contribution >= 4 is 29.4 Å². The van der Waals surface area contributed by atoms with Gasteiger partial charge < -0.3 is 19.7 Å². The van der Waals surface area contributed by atoms with E-state index in [9.17, 15) is 4.79 Å². The normalized spacial score (nSPS) is 14.0.